The number of hydrogen-bond donors (Lipinski definition) is 5. The molecule has 10 heteroatoms. The topological polar surface area (TPSA) is 161 Å². The number of nitrogens with zero attached hydrogens (tertiary/aromatic N) is 1. The minimum atomic E-state index is -2.62. The van der Waals surface area contributed by atoms with E-state index in [2.05, 4.69) is 0 Å². The Morgan fingerprint density at radius 3 is 2.48 bits per heavy atom. The van der Waals surface area contributed by atoms with Crippen LogP contribution in [0.2, 0.25) is 5.02 Å². The number of hydrogen-bond acceptors (Lipinski definition) is 8. The summed E-state index contributed by atoms with van der Waals surface area (Å²) in [6.45, 7) is 0. The number of benzene rings is 1. The maximum absolute atomic E-state index is 13.5. The first-order valence-electron chi connectivity index (χ1n) is 9.53. The zero-order valence-electron chi connectivity index (χ0n) is 16.7. The van der Waals surface area contributed by atoms with E-state index in [0.29, 0.717) is 11.1 Å². The number of Topliss-reactive ketones (excluding diaryl/α,β-unsaturated/α-hetero) is 2. The average molecular weight is 449 g/mol. The van der Waals surface area contributed by atoms with E-state index in [0.717, 1.165) is 0 Å². The van der Waals surface area contributed by atoms with Crippen molar-refractivity contribution < 1.29 is 34.8 Å². The van der Waals surface area contributed by atoms with Crippen molar-refractivity contribution >= 4 is 35.2 Å². The summed E-state index contributed by atoms with van der Waals surface area (Å²) in [6.07, 6.45) is -0.0695. The zero-order chi connectivity index (χ0) is 23.0. The number of aliphatic hydroxyl groups excluding tert-OH is 2. The number of amides is 1. The van der Waals surface area contributed by atoms with Crippen LogP contribution in [-0.2, 0) is 14.4 Å². The van der Waals surface area contributed by atoms with Crippen LogP contribution in [0.25, 0.3) is 6.08 Å². The van der Waals surface area contributed by atoms with Crippen molar-refractivity contribution in [3.05, 3.63) is 45.2 Å². The monoisotopic (exact) mass is 448 g/mol. The minimum Gasteiger partial charge on any atom is -0.508 e. The van der Waals surface area contributed by atoms with Crippen LogP contribution in [0.3, 0.4) is 0 Å². The van der Waals surface area contributed by atoms with E-state index >= 15 is 0 Å². The van der Waals surface area contributed by atoms with Gasteiger partial charge in [-0.05, 0) is 32.6 Å². The molecule has 0 bridgehead atoms. The number of nitrogens with two attached hydrogens (primary N) is 1. The summed E-state index contributed by atoms with van der Waals surface area (Å²) in [4.78, 5) is 39.8. The lowest BCUT2D eigenvalue weighted by atomic mass is 9.57. The number of carbonyl (C=O) groups is 3. The van der Waals surface area contributed by atoms with Crippen LogP contribution in [-0.4, -0.2) is 68.5 Å². The normalized spacial score (nSPS) is 32.4. The van der Waals surface area contributed by atoms with Gasteiger partial charge in [-0.15, -0.1) is 0 Å². The number of fused-ring (bicyclic) bond motifs is 3. The molecule has 3 aliphatic carbocycles. The third-order valence-corrected chi connectivity index (χ3v) is 6.83. The standard InChI is InChI=1S/C21H21ClN2O7/c1-24(2)15-9-6-7-5-8-10(22)3-4-11(25)13(8)16(26)12(7)18(28)21(9,31)19(29)14(17(15)27)20(23)30/h3-5,9,12,15-16,25-26,29,31H,6H2,1-2H3,(H2,23,30). The number of carbonyl (C=O) groups excluding carboxylic acids is 3. The smallest absolute Gasteiger partial charge is 0.255 e. The molecular formula is C21H21ClN2O7. The van der Waals surface area contributed by atoms with Gasteiger partial charge >= 0.3 is 0 Å². The van der Waals surface area contributed by atoms with Crippen LogP contribution in [0.15, 0.2) is 29.0 Å². The van der Waals surface area contributed by atoms with E-state index < -0.39 is 58.4 Å². The Hall–Kier alpha value is -2.72. The summed E-state index contributed by atoms with van der Waals surface area (Å²) in [5, 5.41) is 43.6. The Morgan fingerprint density at radius 1 is 1.26 bits per heavy atom. The van der Waals surface area contributed by atoms with Gasteiger partial charge in [0.25, 0.3) is 5.91 Å². The largest absolute Gasteiger partial charge is 0.508 e. The molecule has 1 aromatic rings. The molecule has 1 amide bonds. The SMILES string of the molecule is CN(C)C1C(=O)C(C(N)=O)=C(O)C2(O)C(=O)C3C(=Cc4c(Cl)ccc(O)c4C3O)CC12. The van der Waals surface area contributed by atoms with Crippen molar-refractivity contribution in [1.82, 2.24) is 4.90 Å². The predicted molar refractivity (Wildman–Crippen MR) is 109 cm³/mol. The maximum Gasteiger partial charge on any atom is 0.255 e. The van der Waals surface area contributed by atoms with Gasteiger partial charge in [-0.3, -0.25) is 19.3 Å². The van der Waals surface area contributed by atoms with Gasteiger partial charge in [0.05, 0.1) is 18.1 Å². The van der Waals surface area contributed by atoms with E-state index in [4.69, 9.17) is 17.3 Å². The molecule has 4 rings (SSSR count). The first-order chi connectivity index (χ1) is 14.4. The first kappa shape index (κ1) is 21.5. The van der Waals surface area contributed by atoms with Crippen LogP contribution in [0.1, 0.15) is 23.7 Å². The second kappa shape index (κ2) is 6.89. The number of likely N-dealkylation sites (N-methyl/N-ethyl adjacent to an activating group) is 1. The molecule has 0 saturated heterocycles. The van der Waals surface area contributed by atoms with Crippen LogP contribution in [0.5, 0.6) is 5.75 Å². The number of aromatic hydroxyl groups is 1. The van der Waals surface area contributed by atoms with Gasteiger partial charge in [0.15, 0.2) is 17.2 Å². The number of rotatable bonds is 2. The molecular weight excluding hydrogens is 428 g/mol. The first-order valence-corrected chi connectivity index (χ1v) is 9.91. The third kappa shape index (κ3) is 2.71. The quantitative estimate of drug-likeness (QED) is 0.401. The second-order valence-electron chi connectivity index (χ2n) is 8.34. The van der Waals surface area contributed by atoms with Crippen LogP contribution in [0.4, 0.5) is 0 Å². The average Bonchev–Trinajstić information content (AvgIpc) is 2.67. The van der Waals surface area contributed by atoms with Crippen LogP contribution in [0, 0.1) is 11.8 Å². The number of aliphatic hydroxyl groups is 3. The highest BCUT2D eigenvalue weighted by Gasteiger charge is 2.64. The molecule has 0 spiro atoms. The van der Waals surface area contributed by atoms with Crippen LogP contribution >= 0.6 is 11.6 Å². The van der Waals surface area contributed by atoms with Crippen molar-refractivity contribution in [2.24, 2.45) is 17.6 Å². The summed E-state index contributed by atoms with van der Waals surface area (Å²) < 4.78 is 0. The molecule has 5 unspecified atom stereocenters. The summed E-state index contributed by atoms with van der Waals surface area (Å²) in [5.41, 5.74) is 2.55. The van der Waals surface area contributed by atoms with Gasteiger partial charge in [-0.25, -0.2) is 0 Å². The lowest BCUT2D eigenvalue weighted by Crippen LogP contribution is -2.66. The van der Waals surface area contributed by atoms with E-state index in [9.17, 15) is 34.8 Å². The van der Waals surface area contributed by atoms with Crippen molar-refractivity contribution in [3.8, 4) is 5.75 Å². The van der Waals surface area contributed by atoms with E-state index in [1.807, 2.05) is 0 Å². The molecule has 1 saturated carbocycles. The van der Waals surface area contributed by atoms with Crippen molar-refractivity contribution in [1.29, 1.82) is 0 Å². The Bertz CT molecular complexity index is 1110. The minimum absolute atomic E-state index is 0.0197. The van der Waals surface area contributed by atoms with Gasteiger partial charge in [0, 0.05) is 22.1 Å². The summed E-state index contributed by atoms with van der Waals surface area (Å²) in [7, 11) is 3.07. The zero-order valence-corrected chi connectivity index (χ0v) is 17.4. The van der Waals surface area contributed by atoms with E-state index in [-0.39, 0.29) is 22.8 Å². The lowest BCUT2D eigenvalue weighted by Gasteiger charge is -2.51. The summed E-state index contributed by atoms with van der Waals surface area (Å²) in [5.74, 6) is -6.93. The molecule has 164 valence electrons. The molecule has 5 atom stereocenters. The lowest BCUT2D eigenvalue weighted by molar-refractivity contribution is -0.161. The van der Waals surface area contributed by atoms with Crippen molar-refractivity contribution in [2.45, 2.75) is 24.2 Å². The third-order valence-electron chi connectivity index (χ3n) is 6.50. The fraction of sp³-hybridized carbons (Fsp3) is 0.381. The molecule has 0 aromatic heterocycles. The molecule has 1 aromatic carbocycles. The second-order valence-corrected chi connectivity index (χ2v) is 8.74. The van der Waals surface area contributed by atoms with Gasteiger partial charge in [-0.1, -0.05) is 23.3 Å². The van der Waals surface area contributed by atoms with Crippen LogP contribution < -0.4 is 5.73 Å². The molecule has 0 heterocycles. The summed E-state index contributed by atoms with van der Waals surface area (Å²) in [6, 6.07) is 1.59. The Kier molecular flexibility index (Phi) is 4.78. The maximum atomic E-state index is 13.5. The number of phenols is 1. The van der Waals surface area contributed by atoms with Crippen molar-refractivity contribution in [2.75, 3.05) is 14.1 Å². The molecule has 3 aliphatic rings. The van der Waals surface area contributed by atoms with Gasteiger partial charge in [-0.2, -0.15) is 0 Å². The van der Waals surface area contributed by atoms with Gasteiger partial charge in [0.2, 0.25) is 0 Å². The van der Waals surface area contributed by atoms with Crippen molar-refractivity contribution in [3.63, 3.8) is 0 Å². The van der Waals surface area contributed by atoms with E-state index in [1.54, 1.807) is 6.08 Å². The number of primary amides is 1. The molecule has 6 N–H and O–H groups in total. The molecule has 0 aliphatic heterocycles. The molecule has 9 nitrogen and oxygen atoms in total. The number of halogens is 1. The Morgan fingerprint density at radius 2 is 1.90 bits per heavy atom. The molecule has 31 heavy (non-hydrogen) atoms. The highest BCUT2D eigenvalue weighted by Crippen LogP contribution is 2.54. The Balaban J connectivity index is 1.97. The highest BCUT2D eigenvalue weighted by atomic mass is 35.5. The summed E-state index contributed by atoms with van der Waals surface area (Å²) >= 11 is 6.23. The fourth-order valence-electron chi connectivity index (χ4n) is 5.12. The molecule has 1 fully saturated rings. The van der Waals surface area contributed by atoms with E-state index in [1.165, 1.54) is 31.1 Å². The number of ketones is 2. The van der Waals surface area contributed by atoms with Gasteiger partial charge in [0.1, 0.15) is 17.1 Å². The highest BCUT2D eigenvalue weighted by molar-refractivity contribution is 6.32. The van der Waals surface area contributed by atoms with Gasteiger partial charge < -0.3 is 26.2 Å². The predicted octanol–water partition coefficient (Wildman–Crippen LogP) is 0.223. The fourth-order valence-corrected chi connectivity index (χ4v) is 5.34. The molecule has 0 radical (unpaired) electrons. The number of phenolic OH excluding ortho intramolecular Hbond substituents is 1. The Labute approximate surface area is 182 Å².